The Balaban J connectivity index is 2.20. The van der Waals surface area contributed by atoms with E-state index in [2.05, 4.69) is 16.2 Å². The van der Waals surface area contributed by atoms with Crippen molar-refractivity contribution in [2.45, 2.75) is 0 Å². The first kappa shape index (κ1) is 13.5. The Kier molecular flexibility index (Phi) is 4.48. The van der Waals surface area contributed by atoms with Gasteiger partial charge in [0.05, 0.1) is 17.0 Å². The number of rotatable bonds is 5. The van der Waals surface area contributed by atoms with Crippen LogP contribution in [0.5, 0.6) is 0 Å². The van der Waals surface area contributed by atoms with Gasteiger partial charge in [0, 0.05) is 29.6 Å². The maximum absolute atomic E-state index is 13.9. The second-order valence-corrected chi connectivity index (χ2v) is 5.01. The van der Waals surface area contributed by atoms with Gasteiger partial charge in [0.15, 0.2) is 5.82 Å². The highest BCUT2D eigenvalue weighted by atomic mass is 32.2. The Morgan fingerprint density at radius 3 is 3.16 bits per heavy atom. The second kappa shape index (κ2) is 6.30. The third-order valence-electron chi connectivity index (χ3n) is 2.61. The standard InChI is InChI=1S/C14H14FN3S/c1-2-7-19-8-6-18-14-11(15)9-12(16)10-4-3-5-17-13(10)14/h1,3-5,9,18H,6-8,16H2. The Morgan fingerprint density at radius 1 is 1.53 bits per heavy atom. The van der Waals surface area contributed by atoms with Crippen molar-refractivity contribution in [2.24, 2.45) is 0 Å². The lowest BCUT2D eigenvalue weighted by molar-refractivity contribution is 0.632. The summed E-state index contributed by atoms with van der Waals surface area (Å²) in [4.78, 5) is 4.20. The highest BCUT2D eigenvalue weighted by molar-refractivity contribution is 7.99. The zero-order chi connectivity index (χ0) is 13.7. The third kappa shape index (κ3) is 3.09. The van der Waals surface area contributed by atoms with Gasteiger partial charge in [0.1, 0.15) is 0 Å². The lowest BCUT2D eigenvalue weighted by Gasteiger charge is -2.11. The number of terminal acetylenes is 1. The minimum atomic E-state index is -0.384. The van der Waals surface area contributed by atoms with Crippen LogP contribution in [0, 0.1) is 18.2 Å². The molecule has 0 atom stereocenters. The summed E-state index contributed by atoms with van der Waals surface area (Å²) in [5, 5.41) is 3.81. The number of pyridine rings is 1. The number of nitrogens with zero attached hydrogens (tertiary/aromatic N) is 1. The molecule has 2 aromatic rings. The fourth-order valence-corrected chi connectivity index (χ4v) is 2.29. The topological polar surface area (TPSA) is 50.9 Å². The summed E-state index contributed by atoms with van der Waals surface area (Å²) in [6.07, 6.45) is 6.79. The van der Waals surface area contributed by atoms with Crippen molar-refractivity contribution in [3.63, 3.8) is 0 Å². The van der Waals surface area contributed by atoms with Crippen LogP contribution in [0.1, 0.15) is 0 Å². The normalized spacial score (nSPS) is 10.3. The molecule has 1 aromatic carbocycles. The number of thioether (sulfide) groups is 1. The van der Waals surface area contributed by atoms with Gasteiger partial charge in [0.2, 0.25) is 0 Å². The Labute approximate surface area is 115 Å². The van der Waals surface area contributed by atoms with Gasteiger partial charge < -0.3 is 11.1 Å². The number of benzene rings is 1. The average molecular weight is 275 g/mol. The summed E-state index contributed by atoms with van der Waals surface area (Å²) in [7, 11) is 0. The quantitative estimate of drug-likeness (QED) is 0.500. The summed E-state index contributed by atoms with van der Waals surface area (Å²) >= 11 is 1.62. The fraction of sp³-hybridized carbons (Fsp3) is 0.214. The van der Waals surface area contributed by atoms with Crippen molar-refractivity contribution in [3.8, 4) is 12.3 Å². The van der Waals surface area contributed by atoms with E-state index in [4.69, 9.17) is 12.2 Å². The molecule has 2 rings (SSSR count). The fourth-order valence-electron chi connectivity index (χ4n) is 1.78. The van der Waals surface area contributed by atoms with E-state index in [1.54, 1.807) is 24.0 Å². The molecule has 0 aliphatic heterocycles. The minimum Gasteiger partial charge on any atom is -0.398 e. The van der Waals surface area contributed by atoms with Crippen LogP contribution in [0.4, 0.5) is 15.8 Å². The van der Waals surface area contributed by atoms with Crippen molar-refractivity contribution in [2.75, 3.05) is 29.1 Å². The molecule has 0 saturated carbocycles. The predicted octanol–water partition coefficient (Wildman–Crippen LogP) is 2.73. The Morgan fingerprint density at radius 2 is 2.37 bits per heavy atom. The van der Waals surface area contributed by atoms with Crippen molar-refractivity contribution in [3.05, 3.63) is 30.2 Å². The van der Waals surface area contributed by atoms with Gasteiger partial charge in [-0.2, -0.15) is 0 Å². The Hall–Kier alpha value is -1.93. The van der Waals surface area contributed by atoms with E-state index in [0.717, 1.165) is 11.1 Å². The number of nitrogen functional groups attached to an aromatic ring is 1. The minimum absolute atomic E-state index is 0.384. The van der Waals surface area contributed by atoms with Crippen molar-refractivity contribution in [1.82, 2.24) is 4.98 Å². The van der Waals surface area contributed by atoms with Gasteiger partial charge in [-0.1, -0.05) is 5.92 Å². The molecule has 0 spiro atoms. The van der Waals surface area contributed by atoms with Gasteiger partial charge in [-0.05, 0) is 18.2 Å². The largest absolute Gasteiger partial charge is 0.398 e. The lowest BCUT2D eigenvalue weighted by Crippen LogP contribution is -2.08. The molecular formula is C14H14FN3S. The number of aromatic nitrogens is 1. The number of hydrogen-bond acceptors (Lipinski definition) is 4. The Bertz CT molecular complexity index is 622. The summed E-state index contributed by atoms with van der Waals surface area (Å²) < 4.78 is 13.9. The van der Waals surface area contributed by atoms with Crippen molar-refractivity contribution < 1.29 is 4.39 Å². The van der Waals surface area contributed by atoms with Crippen LogP contribution in [-0.2, 0) is 0 Å². The summed E-state index contributed by atoms with van der Waals surface area (Å²) in [6, 6.07) is 4.93. The van der Waals surface area contributed by atoms with E-state index in [-0.39, 0.29) is 5.82 Å². The van der Waals surface area contributed by atoms with Crippen LogP contribution in [-0.4, -0.2) is 23.0 Å². The highest BCUT2D eigenvalue weighted by Crippen LogP contribution is 2.29. The molecule has 0 aliphatic rings. The van der Waals surface area contributed by atoms with Crippen LogP contribution in [0.2, 0.25) is 0 Å². The van der Waals surface area contributed by atoms with E-state index in [1.165, 1.54) is 6.07 Å². The van der Waals surface area contributed by atoms with Gasteiger partial charge in [-0.3, -0.25) is 4.98 Å². The number of nitrogens with one attached hydrogen (secondary N) is 1. The summed E-state index contributed by atoms with van der Waals surface area (Å²) in [5.74, 6) is 3.63. The molecule has 0 fully saturated rings. The maximum atomic E-state index is 13.9. The SMILES string of the molecule is C#CCSCCNc1c(F)cc(N)c2cccnc12. The number of halogens is 1. The second-order valence-electron chi connectivity index (χ2n) is 3.91. The van der Waals surface area contributed by atoms with Crippen molar-refractivity contribution in [1.29, 1.82) is 0 Å². The number of fused-ring (bicyclic) bond motifs is 1. The van der Waals surface area contributed by atoms with Crippen LogP contribution in [0.15, 0.2) is 24.4 Å². The van der Waals surface area contributed by atoms with Crippen LogP contribution in [0.25, 0.3) is 10.9 Å². The van der Waals surface area contributed by atoms with E-state index in [0.29, 0.717) is 29.2 Å². The summed E-state index contributed by atoms with van der Waals surface area (Å²) in [5.41, 5.74) is 7.13. The van der Waals surface area contributed by atoms with Gasteiger partial charge in [0.25, 0.3) is 0 Å². The summed E-state index contributed by atoms with van der Waals surface area (Å²) in [6.45, 7) is 0.624. The number of nitrogens with two attached hydrogens (primary N) is 1. The van der Waals surface area contributed by atoms with Crippen molar-refractivity contribution >= 4 is 34.0 Å². The van der Waals surface area contributed by atoms with E-state index < -0.39 is 0 Å². The molecule has 0 amide bonds. The smallest absolute Gasteiger partial charge is 0.150 e. The highest BCUT2D eigenvalue weighted by Gasteiger charge is 2.11. The van der Waals surface area contributed by atoms with Crippen LogP contribution < -0.4 is 11.1 Å². The predicted molar refractivity (Wildman–Crippen MR) is 80.8 cm³/mol. The van der Waals surface area contributed by atoms with E-state index in [9.17, 15) is 4.39 Å². The van der Waals surface area contributed by atoms with Gasteiger partial charge in [-0.15, -0.1) is 18.2 Å². The molecule has 5 heteroatoms. The molecule has 1 aromatic heterocycles. The average Bonchev–Trinajstić information content (AvgIpc) is 2.42. The van der Waals surface area contributed by atoms with Crippen LogP contribution >= 0.6 is 11.8 Å². The number of anilines is 2. The molecule has 0 saturated heterocycles. The molecular weight excluding hydrogens is 261 g/mol. The first-order valence-corrected chi connectivity index (χ1v) is 6.97. The zero-order valence-corrected chi connectivity index (χ0v) is 11.1. The van der Waals surface area contributed by atoms with E-state index in [1.807, 2.05) is 6.07 Å². The number of hydrogen-bond donors (Lipinski definition) is 2. The molecule has 98 valence electrons. The maximum Gasteiger partial charge on any atom is 0.150 e. The van der Waals surface area contributed by atoms with Crippen LogP contribution in [0.3, 0.4) is 0 Å². The van der Waals surface area contributed by atoms with Gasteiger partial charge >= 0.3 is 0 Å². The monoisotopic (exact) mass is 275 g/mol. The molecule has 19 heavy (non-hydrogen) atoms. The molecule has 0 unspecified atom stereocenters. The molecule has 3 N–H and O–H groups in total. The molecule has 3 nitrogen and oxygen atoms in total. The van der Waals surface area contributed by atoms with Gasteiger partial charge in [-0.25, -0.2) is 4.39 Å². The molecule has 0 aliphatic carbocycles. The lowest BCUT2D eigenvalue weighted by atomic mass is 10.1. The zero-order valence-electron chi connectivity index (χ0n) is 10.3. The first-order valence-electron chi connectivity index (χ1n) is 5.82. The first-order chi connectivity index (χ1) is 9.24. The third-order valence-corrected chi connectivity index (χ3v) is 3.47. The molecule has 1 heterocycles. The van der Waals surface area contributed by atoms with E-state index >= 15 is 0 Å². The molecule has 0 bridgehead atoms. The molecule has 0 radical (unpaired) electrons.